The molecule has 0 amide bonds. The molecule has 0 aliphatic heterocycles. The highest BCUT2D eigenvalue weighted by Crippen LogP contribution is 2.27. The molecule has 0 saturated heterocycles. The molecule has 0 fully saturated rings. The molecule has 0 aliphatic rings. The third-order valence-corrected chi connectivity index (χ3v) is 2.87. The number of aromatic nitrogens is 2. The van der Waals surface area contributed by atoms with Gasteiger partial charge in [-0.25, -0.2) is 0 Å². The number of nitrogens with zero attached hydrogens (tertiary/aromatic N) is 2. The van der Waals surface area contributed by atoms with Gasteiger partial charge in [0.05, 0.1) is 11.9 Å². The third kappa shape index (κ3) is 2.34. The van der Waals surface area contributed by atoms with E-state index in [0.717, 1.165) is 16.7 Å². The topological polar surface area (TPSA) is 46.0 Å². The lowest BCUT2D eigenvalue weighted by Gasteiger charge is -2.16. The highest BCUT2D eigenvalue weighted by Gasteiger charge is 2.16. The average molecular weight is 228 g/mol. The molecule has 1 heterocycles. The molecule has 3 nitrogen and oxygen atoms in total. The molecule has 2 aromatic rings. The van der Waals surface area contributed by atoms with Gasteiger partial charge in [0, 0.05) is 12.4 Å². The Balaban J connectivity index is 2.48. The van der Waals surface area contributed by atoms with Gasteiger partial charge < -0.3 is 5.11 Å². The van der Waals surface area contributed by atoms with E-state index in [1.165, 1.54) is 5.56 Å². The van der Waals surface area contributed by atoms with Crippen molar-refractivity contribution in [1.29, 1.82) is 0 Å². The largest absolute Gasteiger partial charge is 0.382 e. The highest BCUT2D eigenvalue weighted by atomic mass is 16.3. The van der Waals surface area contributed by atoms with E-state index in [4.69, 9.17) is 0 Å². The molecule has 17 heavy (non-hydrogen) atoms. The second-order valence-corrected chi connectivity index (χ2v) is 4.35. The van der Waals surface area contributed by atoms with E-state index < -0.39 is 6.10 Å². The van der Waals surface area contributed by atoms with Gasteiger partial charge in [0.2, 0.25) is 0 Å². The smallest absolute Gasteiger partial charge is 0.123 e. The summed E-state index contributed by atoms with van der Waals surface area (Å²) in [5.41, 5.74) is 4.88. The second-order valence-electron chi connectivity index (χ2n) is 4.35. The van der Waals surface area contributed by atoms with Crippen molar-refractivity contribution in [3.05, 3.63) is 58.7 Å². The van der Waals surface area contributed by atoms with E-state index in [1.807, 2.05) is 13.8 Å². The van der Waals surface area contributed by atoms with Gasteiger partial charge in [-0.15, -0.1) is 0 Å². The van der Waals surface area contributed by atoms with E-state index in [-0.39, 0.29) is 0 Å². The lowest BCUT2D eigenvalue weighted by atomic mass is 9.94. The Kier molecular flexibility index (Phi) is 3.20. The number of rotatable bonds is 2. The standard InChI is InChI=1S/C14H16N2O/c1-9-6-10(2)13(11(3)7-9)14(17)12-8-15-4-5-16-12/h4-8,14,17H,1-3H3. The number of aryl methyl sites for hydroxylation is 3. The minimum Gasteiger partial charge on any atom is -0.382 e. The molecule has 1 aromatic carbocycles. The van der Waals surface area contributed by atoms with Gasteiger partial charge in [0.15, 0.2) is 0 Å². The predicted octanol–water partition coefficient (Wildman–Crippen LogP) is 2.48. The molecule has 1 aromatic heterocycles. The summed E-state index contributed by atoms with van der Waals surface area (Å²) in [6.07, 6.45) is 4.09. The van der Waals surface area contributed by atoms with E-state index in [2.05, 4.69) is 29.0 Å². The number of aliphatic hydroxyl groups is 1. The van der Waals surface area contributed by atoms with Crippen LogP contribution in [0.2, 0.25) is 0 Å². The van der Waals surface area contributed by atoms with Gasteiger partial charge in [-0.3, -0.25) is 9.97 Å². The lowest BCUT2D eigenvalue weighted by molar-refractivity contribution is 0.213. The molecule has 0 bridgehead atoms. The zero-order valence-electron chi connectivity index (χ0n) is 10.3. The number of hydrogen-bond donors (Lipinski definition) is 1. The number of aliphatic hydroxyl groups excluding tert-OH is 1. The van der Waals surface area contributed by atoms with Crippen molar-refractivity contribution >= 4 is 0 Å². The zero-order valence-corrected chi connectivity index (χ0v) is 10.3. The van der Waals surface area contributed by atoms with Crippen LogP contribution >= 0.6 is 0 Å². The molecule has 0 saturated carbocycles. The number of hydrogen-bond acceptors (Lipinski definition) is 3. The Hall–Kier alpha value is -1.74. The minimum absolute atomic E-state index is 0.586. The minimum atomic E-state index is -0.704. The maximum absolute atomic E-state index is 10.3. The van der Waals surface area contributed by atoms with Crippen LogP contribution in [0.1, 0.15) is 34.1 Å². The van der Waals surface area contributed by atoms with Crippen molar-refractivity contribution < 1.29 is 5.11 Å². The first-order valence-corrected chi connectivity index (χ1v) is 5.61. The Morgan fingerprint density at radius 2 is 1.71 bits per heavy atom. The van der Waals surface area contributed by atoms with Crippen molar-refractivity contribution in [2.75, 3.05) is 0 Å². The van der Waals surface area contributed by atoms with Crippen LogP contribution in [0.25, 0.3) is 0 Å². The first kappa shape index (κ1) is 11.7. The Bertz CT molecular complexity index is 500. The fourth-order valence-corrected chi connectivity index (χ4v) is 2.22. The normalized spacial score (nSPS) is 12.5. The van der Waals surface area contributed by atoms with Crippen LogP contribution in [-0.4, -0.2) is 15.1 Å². The van der Waals surface area contributed by atoms with Gasteiger partial charge >= 0.3 is 0 Å². The van der Waals surface area contributed by atoms with Crippen LogP contribution < -0.4 is 0 Å². The quantitative estimate of drug-likeness (QED) is 0.859. The SMILES string of the molecule is Cc1cc(C)c(C(O)c2cnccn2)c(C)c1. The van der Waals surface area contributed by atoms with Crippen molar-refractivity contribution in [2.24, 2.45) is 0 Å². The van der Waals surface area contributed by atoms with E-state index in [0.29, 0.717) is 5.69 Å². The Morgan fingerprint density at radius 1 is 1.06 bits per heavy atom. The van der Waals surface area contributed by atoms with E-state index in [1.54, 1.807) is 18.6 Å². The summed E-state index contributed by atoms with van der Waals surface area (Å²) in [5, 5.41) is 10.3. The van der Waals surface area contributed by atoms with Crippen LogP contribution in [0.5, 0.6) is 0 Å². The van der Waals surface area contributed by atoms with E-state index in [9.17, 15) is 5.11 Å². The summed E-state index contributed by atoms with van der Waals surface area (Å²) in [7, 11) is 0. The van der Waals surface area contributed by atoms with Crippen LogP contribution in [0.15, 0.2) is 30.7 Å². The maximum Gasteiger partial charge on any atom is 0.123 e. The average Bonchev–Trinajstić information content (AvgIpc) is 2.28. The summed E-state index contributed by atoms with van der Waals surface area (Å²) in [4.78, 5) is 8.13. The first-order chi connectivity index (χ1) is 8.09. The van der Waals surface area contributed by atoms with Crippen LogP contribution in [0, 0.1) is 20.8 Å². The molecule has 1 N–H and O–H groups in total. The fourth-order valence-electron chi connectivity index (χ4n) is 2.22. The van der Waals surface area contributed by atoms with Crippen molar-refractivity contribution in [3.63, 3.8) is 0 Å². The van der Waals surface area contributed by atoms with Crippen molar-refractivity contribution in [1.82, 2.24) is 9.97 Å². The third-order valence-electron chi connectivity index (χ3n) is 2.87. The molecule has 3 heteroatoms. The zero-order chi connectivity index (χ0) is 12.4. The fraction of sp³-hybridized carbons (Fsp3) is 0.286. The van der Waals surface area contributed by atoms with E-state index >= 15 is 0 Å². The summed E-state index contributed by atoms with van der Waals surface area (Å²) >= 11 is 0. The van der Waals surface area contributed by atoms with Gasteiger partial charge in [-0.1, -0.05) is 17.7 Å². The van der Waals surface area contributed by atoms with Crippen LogP contribution in [0.4, 0.5) is 0 Å². The molecule has 0 aliphatic carbocycles. The summed E-state index contributed by atoms with van der Waals surface area (Å²) in [6, 6.07) is 4.14. The first-order valence-electron chi connectivity index (χ1n) is 5.61. The summed E-state index contributed by atoms with van der Waals surface area (Å²) < 4.78 is 0. The Morgan fingerprint density at radius 3 is 2.24 bits per heavy atom. The molecule has 0 radical (unpaired) electrons. The maximum atomic E-state index is 10.3. The summed E-state index contributed by atoms with van der Waals surface area (Å²) in [5.74, 6) is 0. The molecular weight excluding hydrogens is 212 g/mol. The lowest BCUT2D eigenvalue weighted by Crippen LogP contribution is -2.07. The second kappa shape index (κ2) is 4.63. The van der Waals surface area contributed by atoms with Crippen LogP contribution in [-0.2, 0) is 0 Å². The van der Waals surface area contributed by atoms with Gasteiger partial charge in [-0.05, 0) is 37.5 Å². The number of benzene rings is 1. The summed E-state index contributed by atoms with van der Waals surface area (Å²) in [6.45, 7) is 6.07. The molecule has 0 spiro atoms. The molecule has 1 unspecified atom stereocenters. The van der Waals surface area contributed by atoms with Gasteiger partial charge in [0.25, 0.3) is 0 Å². The highest BCUT2D eigenvalue weighted by molar-refractivity contribution is 5.41. The molecule has 2 rings (SSSR count). The van der Waals surface area contributed by atoms with Crippen LogP contribution in [0.3, 0.4) is 0 Å². The predicted molar refractivity (Wildman–Crippen MR) is 66.7 cm³/mol. The van der Waals surface area contributed by atoms with Gasteiger partial charge in [0.1, 0.15) is 6.10 Å². The van der Waals surface area contributed by atoms with Crippen molar-refractivity contribution in [3.8, 4) is 0 Å². The molecule has 1 atom stereocenters. The van der Waals surface area contributed by atoms with Crippen molar-refractivity contribution in [2.45, 2.75) is 26.9 Å². The van der Waals surface area contributed by atoms with Gasteiger partial charge in [-0.2, -0.15) is 0 Å². The molecular formula is C14H16N2O. The Labute approximate surface area is 101 Å². The monoisotopic (exact) mass is 228 g/mol. The molecule has 88 valence electrons.